The summed E-state index contributed by atoms with van der Waals surface area (Å²) in [4.78, 5) is 29.4. The fraction of sp³-hybridized carbons (Fsp3) is 0.304. The van der Waals surface area contributed by atoms with Gasteiger partial charge in [-0.2, -0.15) is 0 Å². The Kier molecular flexibility index (Phi) is 4.84. The van der Waals surface area contributed by atoms with Gasteiger partial charge in [0.2, 0.25) is 0 Å². The molecular formula is C23H23N7OS. The largest absolute Gasteiger partial charge is 0.348 e. The summed E-state index contributed by atoms with van der Waals surface area (Å²) in [7, 11) is 0. The molecule has 4 aromatic rings. The van der Waals surface area contributed by atoms with Crippen molar-refractivity contribution in [1.82, 2.24) is 29.6 Å². The van der Waals surface area contributed by atoms with Crippen molar-refractivity contribution in [3.63, 3.8) is 0 Å². The molecule has 5 heterocycles. The van der Waals surface area contributed by atoms with E-state index in [0.717, 1.165) is 39.7 Å². The van der Waals surface area contributed by atoms with Gasteiger partial charge in [0.1, 0.15) is 0 Å². The molecule has 2 aliphatic heterocycles. The number of hydrogen-bond acceptors (Lipinski definition) is 7. The molecular weight excluding hydrogens is 422 g/mol. The number of nitrogens with zero attached hydrogens (tertiary/aromatic N) is 5. The van der Waals surface area contributed by atoms with E-state index < -0.39 is 0 Å². The summed E-state index contributed by atoms with van der Waals surface area (Å²) in [5, 5.41) is 7.05. The molecule has 1 amide bonds. The zero-order valence-electron chi connectivity index (χ0n) is 17.5. The lowest BCUT2D eigenvalue weighted by Crippen LogP contribution is -2.28. The number of anilines is 2. The third kappa shape index (κ3) is 3.53. The highest BCUT2D eigenvalue weighted by Crippen LogP contribution is 2.29. The number of aromatic nitrogens is 4. The van der Waals surface area contributed by atoms with Gasteiger partial charge in [-0.25, -0.2) is 15.0 Å². The first kappa shape index (κ1) is 19.4. The average Bonchev–Trinajstić information content (AvgIpc) is 3.56. The van der Waals surface area contributed by atoms with Gasteiger partial charge in [0.05, 0.1) is 11.9 Å². The maximum absolute atomic E-state index is 11.9. The predicted octanol–water partition coefficient (Wildman–Crippen LogP) is 3.83. The number of benzene rings is 1. The van der Waals surface area contributed by atoms with Crippen LogP contribution in [0.3, 0.4) is 0 Å². The third-order valence-corrected chi connectivity index (χ3v) is 7.02. The van der Waals surface area contributed by atoms with Crippen LogP contribution in [0.15, 0.2) is 43.0 Å². The molecule has 9 heteroatoms. The second-order valence-corrected chi connectivity index (χ2v) is 9.38. The normalized spacial score (nSPS) is 16.3. The van der Waals surface area contributed by atoms with E-state index >= 15 is 0 Å². The van der Waals surface area contributed by atoms with Crippen molar-refractivity contribution in [2.24, 2.45) is 0 Å². The Bertz CT molecular complexity index is 1300. The summed E-state index contributed by atoms with van der Waals surface area (Å²) < 4.78 is 2.02. The van der Waals surface area contributed by atoms with E-state index in [9.17, 15) is 4.79 Å². The van der Waals surface area contributed by atoms with Crippen molar-refractivity contribution in [1.29, 1.82) is 0 Å². The van der Waals surface area contributed by atoms with E-state index in [1.165, 1.54) is 37.2 Å². The Morgan fingerprint density at radius 3 is 2.91 bits per heavy atom. The Balaban J connectivity index is 1.26. The summed E-state index contributed by atoms with van der Waals surface area (Å²) in [5.41, 5.74) is 4.42. The van der Waals surface area contributed by atoms with Crippen LogP contribution in [0.2, 0.25) is 0 Å². The first-order valence-corrected chi connectivity index (χ1v) is 11.7. The molecule has 0 bridgehead atoms. The maximum atomic E-state index is 11.9. The average molecular weight is 446 g/mol. The number of carbonyl (C=O) groups is 1. The van der Waals surface area contributed by atoms with E-state index in [1.54, 1.807) is 17.5 Å². The third-order valence-electron chi connectivity index (χ3n) is 6.12. The van der Waals surface area contributed by atoms with Gasteiger partial charge in [-0.05, 0) is 43.6 Å². The predicted molar refractivity (Wildman–Crippen MR) is 124 cm³/mol. The van der Waals surface area contributed by atoms with Crippen molar-refractivity contribution in [2.75, 3.05) is 18.4 Å². The lowest BCUT2D eigenvalue weighted by atomic mass is 10.0. The fourth-order valence-corrected chi connectivity index (χ4v) is 5.34. The molecule has 6 rings (SSSR count). The van der Waals surface area contributed by atoms with E-state index in [1.807, 2.05) is 41.2 Å². The summed E-state index contributed by atoms with van der Waals surface area (Å²) in [6, 6.07) is 5.88. The molecule has 3 aromatic heterocycles. The standard InChI is InChI=1S/C23H23N7OS/c31-22-18-5-4-15(10-16(18)11-26-22)19-13-25-20(21-24-6-9-30(19)21)28-23-27-12-17(32-23)14-29-7-2-1-3-8-29/h4-6,9-10,12-13H,1-3,7-8,11,14H2,(H,26,31)(H,25,27,28). The van der Waals surface area contributed by atoms with Crippen LogP contribution in [0.4, 0.5) is 10.9 Å². The molecule has 0 unspecified atom stereocenters. The summed E-state index contributed by atoms with van der Waals surface area (Å²) in [6.07, 6.45) is 11.4. The number of thiazole rings is 1. The van der Waals surface area contributed by atoms with Crippen molar-refractivity contribution >= 4 is 33.8 Å². The van der Waals surface area contributed by atoms with Crippen LogP contribution < -0.4 is 10.6 Å². The van der Waals surface area contributed by atoms with Crippen molar-refractivity contribution in [3.05, 3.63) is 59.0 Å². The highest BCUT2D eigenvalue weighted by molar-refractivity contribution is 7.15. The number of likely N-dealkylation sites (tertiary alicyclic amines) is 1. The van der Waals surface area contributed by atoms with Gasteiger partial charge in [0.25, 0.3) is 5.91 Å². The van der Waals surface area contributed by atoms with E-state index in [2.05, 4.69) is 30.5 Å². The van der Waals surface area contributed by atoms with Crippen LogP contribution >= 0.6 is 11.3 Å². The minimum atomic E-state index is -0.0138. The van der Waals surface area contributed by atoms with Crippen molar-refractivity contribution in [2.45, 2.75) is 32.4 Å². The van der Waals surface area contributed by atoms with Gasteiger partial charge in [-0.3, -0.25) is 14.1 Å². The van der Waals surface area contributed by atoms with Crippen LogP contribution in [0.1, 0.15) is 40.1 Å². The fourth-order valence-electron chi connectivity index (χ4n) is 4.49. The second-order valence-electron chi connectivity index (χ2n) is 8.26. The molecule has 162 valence electrons. The molecule has 32 heavy (non-hydrogen) atoms. The van der Waals surface area contributed by atoms with Crippen LogP contribution in [-0.2, 0) is 13.1 Å². The van der Waals surface area contributed by atoms with Crippen molar-refractivity contribution < 1.29 is 4.79 Å². The smallest absolute Gasteiger partial charge is 0.251 e. The van der Waals surface area contributed by atoms with Gasteiger partial charge >= 0.3 is 0 Å². The molecule has 1 saturated heterocycles. The Hall–Kier alpha value is -3.30. The zero-order valence-corrected chi connectivity index (χ0v) is 18.4. The minimum absolute atomic E-state index is 0.0138. The molecule has 2 N–H and O–H groups in total. The van der Waals surface area contributed by atoms with Gasteiger partial charge in [-0.1, -0.05) is 12.5 Å². The van der Waals surface area contributed by atoms with E-state index in [-0.39, 0.29) is 5.91 Å². The number of nitrogens with one attached hydrogen (secondary N) is 2. The molecule has 0 radical (unpaired) electrons. The summed E-state index contributed by atoms with van der Waals surface area (Å²) in [6.45, 7) is 3.86. The van der Waals surface area contributed by atoms with Crippen LogP contribution in [-0.4, -0.2) is 43.2 Å². The highest BCUT2D eigenvalue weighted by atomic mass is 32.1. The maximum Gasteiger partial charge on any atom is 0.251 e. The number of imidazole rings is 1. The first-order valence-electron chi connectivity index (χ1n) is 10.9. The number of hydrogen-bond donors (Lipinski definition) is 2. The van der Waals surface area contributed by atoms with Crippen LogP contribution in [0.25, 0.3) is 16.9 Å². The molecule has 1 aromatic carbocycles. The van der Waals surface area contributed by atoms with Crippen LogP contribution in [0, 0.1) is 0 Å². The number of fused-ring (bicyclic) bond motifs is 2. The SMILES string of the molecule is O=C1NCc2cc(-c3cnc(Nc4ncc(CN5CCCCC5)s4)c4nccn34)ccc21. The summed E-state index contributed by atoms with van der Waals surface area (Å²) in [5.74, 6) is 0.663. The molecule has 2 aliphatic rings. The monoisotopic (exact) mass is 445 g/mol. The number of amides is 1. The van der Waals surface area contributed by atoms with E-state index in [4.69, 9.17) is 0 Å². The molecule has 8 nitrogen and oxygen atoms in total. The van der Waals surface area contributed by atoms with Gasteiger partial charge in [0.15, 0.2) is 16.6 Å². The quantitative estimate of drug-likeness (QED) is 0.486. The lowest BCUT2D eigenvalue weighted by molar-refractivity contribution is 0.0966. The summed E-state index contributed by atoms with van der Waals surface area (Å²) >= 11 is 1.67. The van der Waals surface area contributed by atoms with Crippen molar-refractivity contribution in [3.8, 4) is 11.3 Å². The Morgan fingerprint density at radius 2 is 2.00 bits per heavy atom. The Labute approximate surface area is 189 Å². The topological polar surface area (TPSA) is 87.4 Å². The highest BCUT2D eigenvalue weighted by Gasteiger charge is 2.20. The molecule has 1 fully saturated rings. The zero-order chi connectivity index (χ0) is 21.5. The van der Waals surface area contributed by atoms with Gasteiger partial charge in [-0.15, -0.1) is 11.3 Å². The van der Waals surface area contributed by atoms with Crippen LogP contribution in [0.5, 0.6) is 0 Å². The molecule has 0 spiro atoms. The number of carbonyl (C=O) groups excluding carboxylic acids is 1. The number of rotatable bonds is 5. The molecule has 0 aliphatic carbocycles. The molecule has 0 saturated carbocycles. The second kappa shape index (κ2) is 7.99. The first-order chi connectivity index (χ1) is 15.7. The lowest BCUT2D eigenvalue weighted by Gasteiger charge is -2.25. The molecule has 0 atom stereocenters. The van der Waals surface area contributed by atoms with E-state index in [0.29, 0.717) is 12.4 Å². The number of piperidine rings is 1. The minimum Gasteiger partial charge on any atom is -0.348 e. The van der Waals surface area contributed by atoms with Gasteiger partial charge < -0.3 is 10.6 Å². The Morgan fingerprint density at radius 1 is 1.09 bits per heavy atom. The van der Waals surface area contributed by atoms with Gasteiger partial charge in [0, 0.05) is 47.7 Å².